The molecule has 0 saturated carbocycles. The van der Waals surface area contributed by atoms with Crippen LogP contribution in [0.1, 0.15) is 38.0 Å². The summed E-state index contributed by atoms with van der Waals surface area (Å²) < 4.78 is 5.05. The van der Waals surface area contributed by atoms with E-state index in [1.807, 2.05) is 19.1 Å². The molecule has 1 aromatic rings. The number of amides is 1. The molecule has 0 fully saturated rings. The van der Waals surface area contributed by atoms with Crippen LogP contribution in [-0.2, 0) is 4.74 Å². The molecular formula is C15H23NO4. The summed E-state index contributed by atoms with van der Waals surface area (Å²) in [5.74, 6) is 0. The van der Waals surface area contributed by atoms with Gasteiger partial charge in [0.25, 0.3) is 0 Å². The summed E-state index contributed by atoms with van der Waals surface area (Å²) >= 11 is 0. The van der Waals surface area contributed by atoms with Gasteiger partial charge < -0.3 is 20.3 Å². The van der Waals surface area contributed by atoms with E-state index in [1.165, 1.54) is 0 Å². The molecule has 3 N–H and O–H groups in total. The molecule has 2 unspecified atom stereocenters. The molecule has 0 aliphatic heterocycles. The Labute approximate surface area is 119 Å². The number of benzene rings is 1. The van der Waals surface area contributed by atoms with E-state index in [-0.39, 0.29) is 6.54 Å². The Balaban J connectivity index is 2.48. The predicted octanol–water partition coefficient (Wildman–Crippen LogP) is 1.91. The highest BCUT2D eigenvalue weighted by Crippen LogP contribution is 2.17. The van der Waals surface area contributed by atoms with E-state index < -0.39 is 23.9 Å². The Morgan fingerprint density at radius 3 is 2.30 bits per heavy atom. The molecule has 0 aliphatic rings. The standard InChI is InChI=1S/C15H23NO4/c1-10-5-7-11(8-6-10)13(18)12(17)9-16-14(19)20-15(2,3)4/h5-8,12-13,17-18H,9H2,1-4H3,(H,16,19). The van der Waals surface area contributed by atoms with Gasteiger partial charge in [-0.25, -0.2) is 4.79 Å². The lowest BCUT2D eigenvalue weighted by molar-refractivity contribution is 0.0129. The number of carbonyl (C=O) groups is 1. The second kappa shape index (κ2) is 6.72. The van der Waals surface area contributed by atoms with Crippen molar-refractivity contribution < 1.29 is 19.7 Å². The number of rotatable bonds is 4. The zero-order valence-corrected chi connectivity index (χ0v) is 12.4. The lowest BCUT2D eigenvalue weighted by Gasteiger charge is -2.22. The van der Waals surface area contributed by atoms with Crippen molar-refractivity contribution in [3.8, 4) is 0 Å². The fraction of sp³-hybridized carbons (Fsp3) is 0.533. The van der Waals surface area contributed by atoms with Crippen molar-refractivity contribution in [3.05, 3.63) is 35.4 Å². The van der Waals surface area contributed by atoms with E-state index in [1.54, 1.807) is 32.9 Å². The summed E-state index contributed by atoms with van der Waals surface area (Å²) in [6.07, 6.45) is -2.76. The Morgan fingerprint density at radius 1 is 1.25 bits per heavy atom. The Kier molecular flexibility index (Phi) is 5.53. The van der Waals surface area contributed by atoms with Gasteiger partial charge >= 0.3 is 6.09 Å². The number of alkyl carbamates (subject to hydrolysis) is 1. The monoisotopic (exact) mass is 281 g/mol. The van der Waals surface area contributed by atoms with Crippen molar-refractivity contribution in [2.45, 2.75) is 45.5 Å². The highest BCUT2D eigenvalue weighted by Gasteiger charge is 2.21. The highest BCUT2D eigenvalue weighted by molar-refractivity contribution is 5.67. The van der Waals surface area contributed by atoms with Crippen molar-refractivity contribution in [2.24, 2.45) is 0 Å². The lowest BCUT2D eigenvalue weighted by Crippen LogP contribution is -2.38. The number of nitrogens with one attached hydrogen (secondary N) is 1. The molecule has 0 bridgehead atoms. The molecule has 0 heterocycles. The molecule has 1 rings (SSSR count). The van der Waals surface area contributed by atoms with Gasteiger partial charge in [-0.05, 0) is 33.3 Å². The van der Waals surface area contributed by atoms with Crippen molar-refractivity contribution in [1.29, 1.82) is 0 Å². The molecule has 1 amide bonds. The summed E-state index contributed by atoms with van der Waals surface area (Å²) in [5.41, 5.74) is 1.08. The fourth-order valence-electron chi connectivity index (χ4n) is 1.60. The van der Waals surface area contributed by atoms with Crippen molar-refractivity contribution in [3.63, 3.8) is 0 Å². The third kappa shape index (κ3) is 5.59. The van der Waals surface area contributed by atoms with E-state index in [0.29, 0.717) is 5.56 Å². The van der Waals surface area contributed by atoms with Gasteiger partial charge in [0.15, 0.2) is 0 Å². The van der Waals surface area contributed by atoms with Gasteiger partial charge in [0, 0.05) is 6.54 Å². The minimum Gasteiger partial charge on any atom is -0.444 e. The van der Waals surface area contributed by atoms with Crippen LogP contribution in [-0.4, -0.2) is 34.6 Å². The molecule has 0 spiro atoms. The maximum absolute atomic E-state index is 11.4. The Bertz CT molecular complexity index is 436. The number of ether oxygens (including phenoxy) is 1. The third-order valence-electron chi connectivity index (χ3n) is 2.64. The lowest BCUT2D eigenvalue weighted by atomic mass is 10.0. The van der Waals surface area contributed by atoms with Crippen molar-refractivity contribution >= 4 is 6.09 Å². The number of hydrogen-bond donors (Lipinski definition) is 3. The summed E-state index contributed by atoms with van der Waals surface area (Å²) in [6.45, 7) is 7.12. The number of aliphatic hydroxyl groups is 2. The van der Waals surface area contributed by atoms with Crippen LogP contribution in [0.3, 0.4) is 0 Å². The molecule has 0 saturated heterocycles. The largest absolute Gasteiger partial charge is 0.444 e. The van der Waals surface area contributed by atoms with Crippen LogP contribution in [0.15, 0.2) is 24.3 Å². The minimum atomic E-state index is -1.09. The van der Waals surface area contributed by atoms with Gasteiger partial charge in [-0.2, -0.15) is 0 Å². The first-order valence-electron chi connectivity index (χ1n) is 6.58. The van der Waals surface area contributed by atoms with Crippen molar-refractivity contribution in [1.82, 2.24) is 5.32 Å². The predicted molar refractivity (Wildman–Crippen MR) is 76.4 cm³/mol. The van der Waals surface area contributed by atoms with Gasteiger partial charge in [-0.1, -0.05) is 29.8 Å². The first-order chi connectivity index (χ1) is 9.19. The first kappa shape index (κ1) is 16.5. The maximum Gasteiger partial charge on any atom is 0.407 e. The van der Waals surface area contributed by atoms with E-state index in [2.05, 4.69) is 5.32 Å². The highest BCUT2D eigenvalue weighted by atomic mass is 16.6. The van der Waals surface area contributed by atoms with Crippen LogP contribution in [0.5, 0.6) is 0 Å². The van der Waals surface area contributed by atoms with Gasteiger partial charge in [-0.15, -0.1) is 0 Å². The molecular weight excluding hydrogens is 258 g/mol. The van der Waals surface area contributed by atoms with Crippen LogP contribution in [0, 0.1) is 6.92 Å². The normalized spacial score (nSPS) is 14.5. The van der Waals surface area contributed by atoms with Crippen LogP contribution in [0.4, 0.5) is 4.79 Å². The quantitative estimate of drug-likeness (QED) is 0.787. The third-order valence-corrected chi connectivity index (χ3v) is 2.64. The van der Waals surface area contributed by atoms with Gasteiger partial charge in [-0.3, -0.25) is 0 Å². The summed E-state index contributed by atoms with van der Waals surface area (Å²) in [7, 11) is 0. The SMILES string of the molecule is Cc1ccc(C(O)C(O)CNC(=O)OC(C)(C)C)cc1. The van der Waals surface area contributed by atoms with E-state index >= 15 is 0 Å². The van der Waals surface area contributed by atoms with Gasteiger partial charge in [0.05, 0.1) is 0 Å². The maximum atomic E-state index is 11.4. The molecule has 2 atom stereocenters. The number of aryl methyl sites for hydroxylation is 1. The number of hydrogen-bond acceptors (Lipinski definition) is 4. The Hall–Kier alpha value is -1.59. The van der Waals surface area contributed by atoms with Gasteiger partial charge in [0.1, 0.15) is 17.8 Å². The second-order valence-corrected chi connectivity index (χ2v) is 5.81. The summed E-state index contributed by atoms with van der Waals surface area (Å²) in [4.78, 5) is 11.4. The van der Waals surface area contributed by atoms with Crippen LogP contribution >= 0.6 is 0 Å². The van der Waals surface area contributed by atoms with Gasteiger partial charge in [0.2, 0.25) is 0 Å². The second-order valence-electron chi connectivity index (χ2n) is 5.81. The number of aliphatic hydroxyl groups excluding tert-OH is 2. The smallest absolute Gasteiger partial charge is 0.407 e. The molecule has 0 aromatic heterocycles. The molecule has 5 heteroatoms. The van der Waals surface area contributed by atoms with Crippen LogP contribution in [0.25, 0.3) is 0 Å². The molecule has 112 valence electrons. The topological polar surface area (TPSA) is 78.8 Å². The minimum absolute atomic E-state index is 0.0794. The average molecular weight is 281 g/mol. The summed E-state index contributed by atoms with van der Waals surface area (Å²) in [6, 6.07) is 7.20. The van der Waals surface area contributed by atoms with E-state index in [0.717, 1.165) is 5.56 Å². The molecule has 1 aromatic carbocycles. The van der Waals surface area contributed by atoms with Crippen molar-refractivity contribution in [2.75, 3.05) is 6.54 Å². The zero-order valence-electron chi connectivity index (χ0n) is 12.4. The van der Waals surface area contributed by atoms with Crippen LogP contribution < -0.4 is 5.32 Å². The average Bonchev–Trinajstić information content (AvgIpc) is 2.34. The molecule has 5 nitrogen and oxygen atoms in total. The number of carbonyl (C=O) groups excluding carboxylic acids is 1. The van der Waals surface area contributed by atoms with E-state index in [9.17, 15) is 15.0 Å². The molecule has 0 radical (unpaired) electrons. The first-order valence-corrected chi connectivity index (χ1v) is 6.58. The summed E-state index contributed by atoms with van der Waals surface area (Å²) in [5, 5.41) is 22.3. The molecule has 20 heavy (non-hydrogen) atoms. The zero-order chi connectivity index (χ0) is 15.3. The Morgan fingerprint density at radius 2 is 1.80 bits per heavy atom. The molecule has 0 aliphatic carbocycles. The van der Waals surface area contributed by atoms with E-state index in [4.69, 9.17) is 4.74 Å². The van der Waals surface area contributed by atoms with Crippen LogP contribution in [0.2, 0.25) is 0 Å². The fourth-order valence-corrected chi connectivity index (χ4v) is 1.60.